The van der Waals surface area contributed by atoms with Crippen LogP contribution in [-0.2, 0) is 10.0 Å². The fourth-order valence-electron chi connectivity index (χ4n) is 1.64. The summed E-state index contributed by atoms with van der Waals surface area (Å²) in [6.45, 7) is 4.43. The van der Waals surface area contributed by atoms with Crippen molar-refractivity contribution in [1.29, 1.82) is 0 Å². The predicted molar refractivity (Wildman–Crippen MR) is 78.8 cm³/mol. The van der Waals surface area contributed by atoms with Crippen molar-refractivity contribution in [3.05, 3.63) is 27.2 Å². The smallest absolute Gasteiger partial charge is 0.242 e. The molecular formula is C12H19Cl2N2O2S+. The molecule has 1 rings (SSSR count). The van der Waals surface area contributed by atoms with E-state index in [-0.39, 0.29) is 9.92 Å². The van der Waals surface area contributed by atoms with Gasteiger partial charge in [0.15, 0.2) is 0 Å². The van der Waals surface area contributed by atoms with Crippen LogP contribution in [0, 0.1) is 13.8 Å². The van der Waals surface area contributed by atoms with Crippen molar-refractivity contribution in [3.8, 4) is 0 Å². The first-order valence-corrected chi connectivity index (χ1v) is 8.14. The molecule has 1 aromatic rings. The summed E-state index contributed by atoms with van der Waals surface area (Å²) in [6.07, 6.45) is 0. The second-order valence-corrected chi connectivity index (χ2v) is 7.29. The Morgan fingerprint density at radius 1 is 1.26 bits per heavy atom. The van der Waals surface area contributed by atoms with Gasteiger partial charge in [-0.3, -0.25) is 0 Å². The Morgan fingerprint density at radius 3 is 2.37 bits per heavy atom. The second kappa shape index (κ2) is 6.41. The standard InChI is InChI=1S/C12H18Cl2N2O2S/c1-8-7-10(13)9(2)12(11(8)14)19(17,18)15-5-6-16(3)4/h7,15H,5-6H2,1-4H3/p+1. The summed E-state index contributed by atoms with van der Waals surface area (Å²) < 4.78 is 27.1. The number of hydrogen-bond acceptors (Lipinski definition) is 2. The highest BCUT2D eigenvalue weighted by atomic mass is 35.5. The van der Waals surface area contributed by atoms with Crippen molar-refractivity contribution in [2.24, 2.45) is 0 Å². The van der Waals surface area contributed by atoms with E-state index >= 15 is 0 Å². The summed E-state index contributed by atoms with van der Waals surface area (Å²) in [6, 6.07) is 1.67. The molecule has 0 aliphatic heterocycles. The molecule has 0 aliphatic rings. The number of aryl methyl sites for hydroxylation is 1. The number of quaternary nitrogens is 1. The zero-order valence-corrected chi connectivity index (χ0v) is 13.8. The molecule has 0 bridgehead atoms. The van der Waals surface area contributed by atoms with E-state index in [0.29, 0.717) is 29.2 Å². The Bertz CT molecular complexity index is 545. The highest BCUT2D eigenvalue weighted by Crippen LogP contribution is 2.33. The van der Waals surface area contributed by atoms with Crippen molar-refractivity contribution in [1.82, 2.24) is 4.72 Å². The molecule has 0 aliphatic carbocycles. The predicted octanol–water partition coefficient (Wildman–Crippen LogP) is 1.03. The van der Waals surface area contributed by atoms with E-state index in [1.54, 1.807) is 19.9 Å². The van der Waals surface area contributed by atoms with Crippen molar-refractivity contribution in [3.63, 3.8) is 0 Å². The fraction of sp³-hybridized carbons (Fsp3) is 0.500. The van der Waals surface area contributed by atoms with E-state index in [0.717, 1.165) is 4.90 Å². The average Bonchev–Trinajstić information content (AvgIpc) is 2.25. The SMILES string of the molecule is Cc1cc(Cl)c(C)c(S(=O)(=O)NCC[NH+](C)C)c1Cl. The minimum Gasteiger partial charge on any atom is -0.339 e. The Balaban J connectivity index is 3.15. The zero-order chi connectivity index (χ0) is 14.8. The molecule has 0 aromatic heterocycles. The van der Waals surface area contributed by atoms with E-state index in [1.165, 1.54) is 0 Å². The van der Waals surface area contributed by atoms with Crippen LogP contribution in [0.2, 0.25) is 10.0 Å². The first kappa shape index (κ1) is 16.7. The van der Waals surface area contributed by atoms with Crippen LogP contribution in [0.5, 0.6) is 0 Å². The molecule has 4 nitrogen and oxygen atoms in total. The van der Waals surface area contributed by atoms with Gasteiger partial charge in [-0.2, -0.15) is 0 Å². The number of halogens is 2. The molecule has 0 unspecified atom stereocenters. The molecule has 0 amide bonds. The van der Waals surface area contributed by atoms with Gasteiger partial charge in [0.2, 0.25) is 10.0 Å². The zero-order valence-electron chi connectivity index (χ0n) is 11.5. The molecule has 2 N–H and O–H groups in total. The van der Waals surface area contributed by atoms with Crippen molar-refractivity contribution in [2.45, 2.75) is 18.7 Å². The van der Waals surface area contributed by atoms with Crippen LogP contribution in [0.15, 0.2) is 11.0 Å². The maximum Gasteiger partial charge on any atom is 0.242 e. The topological polar surface area (TPSA) is 50.6 Å². The van der Waals surface area contributed by atoms with Crippen molar-refractivity contribution in [2.75, 3.05) is 27.2 Å². The molecule has 7 heteroatoms. The van der Waals surface area contributed by atoms with Crippen molar-refractivity contribution < 1.29 is 13.3 Å². The first-order valence-electron chi connectivity index (χ1n) is 5.90. The summed E-state index contributed by atoms with van der Waals surface area (Å²) in [5, 5.41) is 0.632. The van der Waals surface area contributed by atoms with E-state index < -0.39 is 10.0 Å². The summed E-state index contributed by atoms with van der Waals surface area (Å²) in [5.74, 6) is 0. The lowest BCUT2D eigenvalue weighted by Gasteiger charge is -2.14. The third-order valence-corrected chi connectivity index (χ3v) is 5.40. The van der Waals surface area contributed by atoms with E-state index in [2.05, 4.69) is 4.72 Å². The lowest BCUT2D eigenvalue weighted by molar-refractivity contribution is -0.856. The largest absolute Gasteiger partial charge is 0.339 e. The molecule has 0 heterocycles. The Labute approximate surface area is 124 Å². The minimum atomic E-state index is -3.64. The summed E-state index contributed by atoms with van der Waals surface area (Å²) >= 11 is 12.1. The average molecular weight is 326 g/mol. The number of hydrogen-bond donors (Lipinski definition) is 2. The maximum absolute atomic E-state index is 12.3. The molecule has 0 fully saturated rings. The van der Waals surface area contributed by atoms with Crippen LogP contribution >= 0.6 is 23.2 Å². The lowest BCUT2D eigenvalue weighted by Crippen LogP contribution is -3.06. The van der Waals surface area contributed by atoms with Crippen LogP contribution < -0.4 is 9.62 Å². The molecule has 0 saturated heterocycles. The van der Waals surface area contributed by atoms with Crippen molar-refractivity contribution >= 4 is 33.2 Å². The summed E-state index contributed by atoms with van der Waals surface area (Å²) in [5.41, 5.74) is 1.12. The summed E-state index contributed by atoms with van der Waals surface area (Å²) in [4.78, 5) is 1.24. The number of benzene rings is 1. The van der Waals surface area contributed by atoms with Gasteiger partial charge < -0.3 is 4.90 Å². The molecule has 1 aromatic carbocycles. The highest BCUT2D eigenvalue weighted by Gasteiger charge is 2.23. The van der Waals surface area contributed by atoms with Crippen LogP contribution in [0.25, 0.3) is 0 Å². The van der Waals surface area contributed by atoms with E-state index in [4.69, 9.17) is 23.2 Å². The second-order valence-electron chi connectivity index (χ2n) is 4.80. The Kier molecular flexibility index (Phi) is 5.65. The number of nitrogens with one attached hydrogen (secondary N) is 2. The van der Waals surface area contributed by atoms with Crippen LogP contribution in [0.1, 0.15) is 11.1 Å². The molecule has 0 atom stereocenters. The van der Waals surface area contributed by atoms with Gasteiger partial charge in [-0.15, -0.1) is 0 Å². The number of sulfonamides is 1. The van der Waals surface area contributed by atoms with Gasteiger partial charge in [-0.1, -0.05) is 23.2 Å². The van der Waals surface area contributed by atoms with Gasteiger partial charge in [0, 0.05) is 5.02 Å². The third kappa shape index (κ3) is 4.07. The lowest BCUT2D eigenvalue weighted by atomic mass is 10.2. The van der Waals surface area contributed by atoms with Gasteiger partial charge >= 0.3 is 0 Å². The first-order chi connectivity index (χ1) is 8.66. The summed E-state index contributed by atoms with van der Waals surface area (Å²) in [7, 11) is 0.267. The molecule has 0 radical (unpaired) electrons. The Morgan fingerprint density at radius 2 is 1.84 bits per heavy atom. The molecule has 19 heavy (non-hydrogen) atoms. The van der Waals surface area contributed by atoms with Crippen LogP contribution in [0.4, 0.5) is 0 Å². The van der Waals surface area contributed by atoms with E-state index in [9.17, 15) is 8.42 Å². The van der Waals surface area contributed by atoms with Gasteiger partial charge in [0.25, 0.3) is 0 Å². The molecule has 0 saturated carbocycles. The fourth-order valence-corrected chi connectivity index (χ4v) is 3.88. The van der Waals surface area contributed by atoms with Crippen LogP contribution in [-0.4, -0.2) is 35.6 Å². The molecular weight excluding hydrogens is 307 g/mol. The van der Waals surface area contributed by atoms with Gasteiger partial charge in [0.05, 0.1) is 32.2 Å². The quantitative estimate of drug-likeness (QED) is 0.849. The van der Waals surface area contributed by atoms with Gasteiger partial charge in [-0.05, 0) is 31.0 Å². The van der Waals surface area contributed by atoms with Gasteiger partial charge in [-0.25, -0.2) is 13.1 Å². The molecule has 0 spiro atoms. The Hall–Kier alpha value is -0.330. The molecule has 108 valence electrons. The highest BCUT2D eigenvalue weighted by molar-refractivity contribution is 7.89. The maximum atomic E-state index is 12.3. The third-order valence-electron chi connectivity index (χ3n) is 2.77. The minimum absolute atomic E-state index is 0.0768. The van der Waals surface area contributed by atoms with Crippen LogP contribution in [0.3, 0.4) is 0 Å². The normalized spacial score (nSPS) is 12.2. The van der Waals surface area contributed by atoms with Gasteiger partial charge in [0.1, 0.15) is 4.90 Å². The van der Waals surface area contributed by atoms with E-state index in [1.807, 2.05) is 14.1 Å². The number of rotatable bonds is 5. The monoisotopic (exact) mass is 325 g/mol. The number of likely N-dealkylation sites (N-methyl/N-ethyl adjacent to an activating group) is 1.